The van der Waals surface area contributed by atoms with Gasteiger partial charge in [0, 0.05) is 13.1 Å². The Morgan fingerprint density at radius 3 is 2.80 bits per heavy atom. The van der Waals surface area contributed by atoms with Crippen molar-refractivity contribution in [3.63, 3.8) is 0 Å². The van der Waals surface area contributed by atoms with Gasteiger partial charge in [-0.25, -0.2) is 4.79 Å². The van der Waals surface area contributed by atoms with Crippen LogP contribution in [0.2, 0.25) is 0 Å². The molecule has 2 N–H and O–H groups in total. The average Bonchev–Trinajstić information content (AvgIpc) is 2.65. The first-order valence-corrected chi connectivity index (χ1v) is 4.36. The Hall–Kier alpha value is -1.96. The second-order valence-corrected chi connectivity index (χ2v) is 3.72. The molecule has 0 aliphatic rings. The quantitative estimate of drug-likeness (QED) is 0.738. The number of nitrogens with zero attached hydrogens (tertiary/aromatic N) is 2. The fourth-order valence-electron chi connectivity index (χ4n) is 0.903. The topological polar surface area (TPSA) is 72.4 Å². The number of hydrogen-bond acceptors (Lipinski definition) is 3. The molecule has 0 aromatic carbocycles. The molecule has 15 heavy (non-hydrogen) atoms. The highest BCUT2D eigenvalue weighted by Gasteiger charge is 2.24. The maximum Gasteiger partial charge on any atom is 0.320 e. The normalized spacial score (nSPS) is 10.8. The van der Waals surface area contributed by atoms with E-state index in [1.165, 1.54) is 11.9 Å². The van der Waals surface area contributed by atoms with Crippen LogP contribution in [-0.2, 0) is 5.41 Å². The average molecular weight is 207 g/mol. The molecule has 0 fully saturated rings. The molecular formula is C10H13N3O2. The standard InChI is InChI=1S/C10H13N3O2/c1-5-10(2,3)7-6-8(12-15-7)13(4)9(11)14/h1,6H,2-4H3,(H2,11,14). The van der Waals surface area contributed by atoms with Crippen molar-refractivity contribution in [2.24, 2.45) is 5.73 Å². The molecule has 0 unspecified atom stereocenters. The Morgan fingerprint density at radius 2 is 2.33 bits per heavy atom. The van der Waals surface area contributed by atoms with E-state index in [0.717, 1.165) is 0 Å². The number of carbonyl (C=O) groups excluding carboxylic acids is 1. The summed E-state index contributed by atoms with van der Waals surface area (Å²) in [6.07, 6.45) is 5.34. The largest absolute Gasteiger partial charge is 0.358 e. The van der Waals surface area contributed by atoms with E-state index < -0.39 is 11.4 Å². The number of rotatable bonds is 2. The van der Waals surface area contributed by atoms with Gasteiger partial charge in [-0.3, -0.25) is 4.90 Å². The molecule has 1 aromatic heterocycles. The lowest BCUT2D eigenvalue weighted by Crippen LogP contribution is -2.31. The number of aromatic nitrogens is 1. The number of anilines is 1. The molecule has 1 aromatic rings. The van der Waals surface area contributed by atoms with Crippen LogP contribution in [0.3, 0.4) is 0 Å². The highest BCUT2D eigenvalue weighted by Crippen LogP contribution is 2.25. The third-order valence-electron chi connectivity index (χ3n) is 2.15. The van der Waals surface area contributed by atoms with Crippen LogP contribution in [0.5, 0.6) is 0 Å². The minimum atomic E-state index is -0.603. The molecule has 0 aliphatic carbocycles. The summed E-state index contributed by atoms with van der Waals surface area (Å²) < 4.78 is 5.05. The van der Waals surface area contributed by atoms with Crippen molar-refractivity contribution >= 4 is 11.8 Å². The molecule has 0 bridgehead atoms. The molecule has 0 saturated carbocycles. The summed E-state index contributed by atoms with van der Waals surface area (Å²) in [5.74, 6) is 3.44. The number of primary amides is 1. The van der Waals surface area contributed by atoms with Gasteiger partial charge < -0.3 is 10.3 Å². The van der Waals surface area contributed by atoms with Gasteiger partial charge in [0.25, 0.3) is 0 Å². The molecule has 0 aliphatic heterocycles. The van der Waals surface area contributed by atoms with Gasteiger partial charge in [0.15, 0.2) is 11.6 Å². The van der Waals surface area contributed by atoms with Crippen LogP contribution in [0.25, 0.3) is 0 Å². The van der Waals surface area contributed by atoms with Gasteiger partial charge in [-0.2, -0.15) is 0 Å². The Bertz CT molecular complexity index is 415. The van der Waals surface area contributed by atoms with E-state index in [2.05, 4.69) is 11.1 Å². The van der Waals surface area contributed by atoms with Crippen molar-refractivity contribution in [1.29, 1.82) is 0 Å². The van der Waals surface area contributed by atoms with Crippen molar-refractivity contribution in [2.75, 3.05) is 11.9 Å². The lowest BCUT2D eigenvalue weighted by molar-refractivity contribution is 0.254. The number of hydrogen-bond donors (Lipinski definition) is 1. The lowest BCUT2D eigenvalue weighted by atomic mass is 9.92. The van der Waals surface area contributed by atoms with Gasteiger partial charge >= 0.3 is 6.03 Å². The maximum absolute atomic E-state index is 10.9. The number of terminal acetylenes is 1. The van der Waals surface area contributed by atoms with E-state index >= 15 is 0 Å². The van der Waals surface area contributed by atoms with E-state index in [9.17, 15) is 4.79 Å². The first-order chi connectivity index (χ1) is 6.88. The smallest absolute Gasteiger partial charge is 0.320 e. The zero-order chi connectivity index (χ0) is 11.6. The Kier molecular flexibility index (Phi) is 2.71. The molecule has 2 amide bonds. The van der Waals surface area contributed by atoms with Crippen LogP contribution in [0, 0.1) is 12.3 Å². The number of urea groups is 1. The fraction of sp³-hybridized carbons (Fsp3) is 0.400. The lowest BCUT2D eigenvalue weighted by Gasteiger charge is -2.11. The summed E-state index contributed by atoms with van der Waals surface area (Å²) in [6.45, 7) is 3.64. The molecule has 80 valence electrons. The van der Waals surface area contributed by atoms with Crippen LogP contribution >= 0.6 is 0 Å². The monoisotopic (exact) mass is 207 g/mol. The molecule has 0 radical (unpaired) electrons. The van der Waals surface area contributed by atoms with Crippen molar-refractivity contribution in [3.8, 4) is 12.3 Å². The van der Waals surface area contributed by atoms with Gasteiger partial charge in [0.05, 0.1) is 5.41 Å². The van der Waals surface area contributed by atoms with Gasteiger partial charge in [0.1, 0.15) is 0 Å². The predicted molar refractivity (Wildman–Crippen MR) is 56.3 cm³/mol. The fourth-order valence-corrected chi connectivity index (χ4v) is 0.903. The summed E-state index contributed by atoms with van der Waals surface area (Å²) in [4.78, 5) is 12.0. The van der Waals surface area contributed by atoms with Gasteiger partial charge in [-0.05, 0) is 13.8 Å². The summed E-state index contributed by atoms with van der Waals surface area (Å²) in [5, 5.41) is 3.71. The molecule has 1 rings (SSSR count). The first-order valence-electron chi connectivity index (χ1n) is 4.36. The Labute approximate surface area is 88.2 Å². The molecule has 5 heteroatoms. The summed E-state index contributed by atoms with van der Waals surface area (Å²) in [6, 6.07) is 0.998. The molecule has 1 heterocycles. The minimum absolute atomic E-state index is 0.348. The SMILES string of the molecule is C#CC(C)(C)c1cc(N(C)C(N)=O)no1. The Balaban J connectivity index is 3.01. The third-order valence-corrected chi connectivity index (χ3v) is 2.15. The van der Waals surface area contributed by atoms with Gasteiger partial charge in [-0.15, -0.1) is 6.42 Å². The molecule has 0 saturated heterocycles. The second kappa shape index (κ2) is 3.65. The van der Waals surface area contributed by atoms with Crippen LogP contribution in [-0.4, -0.2) is 18.2 Å². The summed E-state index contributed by atoms with van der Waals surface area (Å²) in [5.41, 5.74) is 4.53. The van der Waals surface area contributed by atoms with Crippen LogP contribution in [0.15, 0.2) is 10.6 Å². The molecule has 5 nitrogen and oxygen atoms in total. The molecule has 0 spiro atoms. The van der Waals surface area contributed by atoms with E-state index in [0.29, 0.717) is 11.6 Å². The predicted octanol–water partition coefficient (Wildman–Crippen LogP) is 1.10. The van der Waals surface area contributed by atoms with Crippen LogP contribution < -0.4 is 10.6 Å². The van der Waals surface area contributed by atoms with E-state index in [1.807, 2.05) is 13.8 Å². The maximum atomic E-state index is 10.9. The van der Waals surface area contributed by atoms with Gasteiger partial charge in [0.2, 0.25) is 0 Å². The van der Waals surface area contributed by atoms with Crippen LogP contribution in [0.4, 0.5) is 10.6 Å². The van der Waals surface area contributed by atoms with Crippen molar-refractivity contribution in [1.82, 2.24) is 5.16 Å². The van der Waals surface area contributed by atoms with E-state index in [-0.39, 0.29) is 0 Å². The first kappa shape index (κ1) is 11.1. The zero-order valence-corrected chi connectivity index (χ0v) is 8.94. The number of nitrogens with two attached hydrogens (primary N) is 1. The molecular weight excluding hydrogens is 194 g/mol. The highest BCUT2D eigenvalue weighted by atomic mass is 16.5. The highest BCUT2D eigenvalue weighted by molar-refractivity contribution is 5.88. The van der Waals surface area contributed by atoms with Crippen LogP contribution in [0.1, 0.15) is 19.6 Å². The summed E-state index contributed by atoms with van der Waals surface area (Å²) in [7, 11) is 1.51. The number of carbonyl (C=O) groups is 1. The van der Waals surface area contributed by atoms with E-state index in [4.69, 9.17) is 16.7 Å². The third kappa shape index (κ3) is 2.10. The van der Waals surface area contributed by atoms with Crippen molar-refractivity contribution in [2.45, 2.75) is 19.3 Å². The van der Waals surface area contributed by atoms with Gasteiger partial charge in [-0.1, -0.05) is 11.1 Å². The second-order valence-electron chi connectivity index (χ2n) is 3.72. The van der Waals surface area contributed by atoms with Crippen molar-refractivity contribution < 1.29 is 9.32 Å². The Morgan fingerprint density at radius 1 is 1.73 bits per heavy atom. The molecule has 0 atom stereocenters. The number of amides is 2. The minimum Gasteiger partial charge on any atom is -0.358 e. The van der Waals surface area contributed by atoms with Crippen molar-refractivity contribution in [3.05, 3.63) is 11.8 Å². The zero-order valence-electron chi connectivity index (χ0n) is 8.94. The van der Waals surface area contributed by atoms with E-state index in [1.54, 1.807) is 6.07 Å². The summed E-state index contributed by atoms with van der Waals surface area (Å²) >= 11 is 0.